The Kier molecular flexibility index (Phi) is 5.29. The Morgan fingerprint density at radius 3 is 2.62 bits per heavy atom. The van der Waals surface area contributed by atoms with Crippen LogP contribution in [0.5, 0.6) is 0 Å². The Bertz CT molecular complexity index is 903. The van der Waals surface area contributed by atoms with E-state index in [-0.39, 0.29) is 41.2 Å². The first-order valence-corrected chi connectivity index (χ1v) is 10.0. The highest BCUT2D eigenvalue weighted by atomic mass is 35.5. The second-order valence-electron chi connectivity index (χ2n) is 6.23. The molecule has 1 aromatic carbocycles. The monoisotopic (exact) mass is 400 g/mol. The van der Waals surface area contributed by atoms with Gasteiger partial charge >= 0.3 is 0 Å². The van der Waals surface area contributed by atoms with Gasteiger partial charge < -0.3 is 9.47 Å². The molecule has 1 aliphatic rings. The normalized spacial score (nSPS) is 16.0. The number of benzene rings is 1. The maximum absolute atomic E-state index is 13.8. The largest absolute Gasteiger partial charge is 0.342 e. The van der Waals surface area contributed by atoms with E-state index in [9.17, 15) is 17.6 Å². The summed E-state index contributed by atoms with van der Waals surface area (Å²) in [6.45, 7) is 0.569. The van der Waals surface area contributed by atoms with E-state index in [1.165, 1.54) is 29.1 Å². The number of carbonyl (C=O) groups is 1. The summed E-state index contributed by atoms with van der Waals surface area (Å²) < 4.78 is 40.5. The molecule has 1 saturated heterocycles. The number of piperidine rings is 1. The van der Waals surface area contributed by atoms with E-state index in [4.69, 9.17) is 11.6 Å². The molecule has 0 radical (unpaired) electrons. The summed E-state index contributed by atoms with van der Waals surface area (Å²) in [5.41, 5.74) is 0.160. The summed E-state index contributed by atoms with van der Waals surface area (Å²) in [5.74, 6) is -0.794. The van der Waals surface area contributed by atoms with Crippen LogP contribution in [-0.2, 0) is 28.1 Å². The van der Waals surface area contributed by atoms with Crippen LogP contribution in [-0.4, -0.2) is 52.3 Å². The lowest BCUT2D eigenvalue weighted by molar-refractivity contribution is -0.131. The number of nitrogens with zero attached hydrogens (tertiary/aromatic N) is 4. The van der Waals surface area contributed by atoms with E-state index in [1.54, 1.807) is 11.9 Å². The van der Waals surface area contributed by atoms with Crippen LogP contribution in [0.4, 0.5) is 4.39 Å². The molecular weight excluding hydrogens is 383 g/mol. The van der Waals surface area contributed by atoms with E-state index in [0.717, 1.165) is 0 Å². The van der Waals surface area contributed by atoms with E-state index in [0.29, 0.717) is 12.8 Å². The van der Waals surface area contributed by atoms with Gasteiger partial charge in [-0.15, -0.1) is 10.2 Å². The van der Waals surface area contributed by atoms with Gasteiger partial charge in [0.2, 0.25) is 20.9 Å². The van der Waals surface area contributed by atoms with Gasteiger partial charge in [0.15, 0.2) is 0 Å². The topological polar surface area (TPSA) is 85.2 Å². The van der Waals surface area contributed by atoms with Crippen LogP contribution in [0.2, 0.25) is 5.02 Å². The molecule has 1 aliphatic heterocycles. The number of likely N-dealkylation sites (tertiary alicyclic amines) is 1. The minimum atomic E-state index is -3.60. The average Bonchev–Trinajstić information content (AvgIpc) is 3.05. The Labute approximate surface area is 155 Å². The number of amides is 1. The highest BCUT2D eigenvalue weighted by Crippen LogP contribution is 2.25. The molecule has 0 atom stereocenters. The smallest absolute Gasteiger partial charge is 0.249 e. The Morgan fingerprint density at radius 2 is 2.04 bits per heavy atom. The van der Waals surface area contributed by atoms with Gasteiger partial charge in [0, 0.05) is 30.7 Å². The number of carbonyl (C=O) groups excluding carboxylic acids is 1. The fourth-order valence-electron chi connectivity index (χ4n) is 3.06. The van der Waals surface area contributed by atoms with Crippen LogP contribution in [0.1, 0.15) is 18.4 Å². The van der Waals surface area contributed by atoms with Crippen LogP contribution >= 0.6 is 11.6 Å². The zero-order chi connectivity index (χ0) is 18.9. The number of aryl methyl sites for hydroxylation is 1. The van der Waals surface area contributed by atoms with Crippen molar-refractivity contribution in [2.75, 3.05) is 13.1 Å². The molecule has 0 aliphatic carbocycles. The zero-order valence-electron chi connectivity index (χ0n) is 14.1. The van der Waals surface area contributed by atoms with Gasteiger partial charge in [-0.25, -0.2) is 12.8 Å². The predicted octanol–water partition coefficient (Wildman–Crippen LogP) is 1.61. The second kappa shape index (κ2) is 7.32. The van der Waals surface area contributed by atoms with Crippen LogP contribution in [0.15, 0.2) is 29.7 Å². The fourth-order valence-corrected chi connectivity index (χ4v) is 5.03. The molecule has 0 N–H and O–H groups in total. The lowest BCUT2D eigenvalue weighted by Gasteiger charge is -2.31. The highest BCUT2D eigenvalue weighted by Gasteiger charge is 2.35. The summed E-state index contributed by atoms with van der Waals surface area (Å²) in [7, 11) is -2.03. The van der Waals surface area contributed by atoms with E-state index in [2.05, 4.69) is 10.2 Å². The molecule has 1 fully saturated rings. The van der Waals surface area contributed by atoms with Crippen molar-refractivity contribution in [3.63, 3.8) is 0 Å². The number of rotatable bonds is 4. The lowest BCUT2D eigenvalue weighted by atomic mass is 10.1. The molecule has 0 unspecified atom stereocenters. The zero-order valence-corrected chi connectivity index (χ0v) is 15.7. The maximum atomic E-state index is 13.8. The summed E-state index contributed by atoms with van der Waals surface area (Å²) in [6, 6.07) is 4.27. The molecule has 10 heteroatoms. The number of hydrogen-bond donors (Lipinski definition) is 0. The van der Waals surface area contributed by atoms with Gasteiger partial charge in [-0.3, -0.25) is 4.79 Å². The average molecular weight is 401 g/mol. The molecule has 1 amide bonds. The van der Waals surface area contributed by atoms with Crippen molar-refractivity contribution in [1.29, 1.82) is 0 Å². The number of aromatic nitrogens is 3. The number of halogens is 2. The molecule has 7 nitrogen and oxygen atoms in total. The predicted molar refractivity (Wildman–Crippen MR) is 92.9 cm³/mol. The minimum absolute atomic E-state index is 0.0691. The highest BCUT2D eigenvalue weighted by molar-refractivity contribution is 7.91. The Balaban J connectivity index is 1.65. The first-order chi connectivity index (χ1) is 12.3. The summed E-state index contributed by atoms with van der Waals surface area (Å²) in [5, 5.41) is 6.81. The van der Waals surface area contributed by atoms with Crippen LogP contribution in [0, 0.1) is 5.82 Å². The van der Waals surface area contributed by atoms with Gasteiger partial charge in [0.25, 0.3) is 0 Å². The SMILES string of the molecule is Cn1cnnc1S(=O)(=O)C1CCN(C(=O)Cc2c(F)cccc2Cl)CC1. The lowest BCUT2D eigenvalue weighted by Crippen LogP contribution is -2.43. The molecule has 26 heavy (non-hydrogen) atoms. The molecule has 0 bridgehead atoms. The second-order valence-corrected chi connectivity index (χ2v) is 8.76. The van der Waals surface area contributed by atoms with Crippen molar-refractivity contribution in [2.24, 2.45) is 7.05 Å². The van der Waals surface area contributed by atoms with Crippen molar-refractivity contribution in [1.82, 2.24) is 19.7 Å². The molecule has 1 aromatic heterocycles. The van der Waals surface area contributed by atoms with Gasteiger partial charge in [-0.1, -0.05) is 17.7 Å². The summed E-state index contributed by atoms with van der Waals surface area (Å²) in [6.07, 6.45) is 1.79. The summed E-state index contributed by atoms with van der Waals surface area (Å²) in [4.78, 5) is 14.0. The third-order valence-corrected chi connectivity index (χ3v) is 7.13. The van der Waals surface area contributed by atoms with Crippen molar-refractivity contribution < 1.29 is 17.6 Å². The van der Waals surface area contributed by atoms with Crippen molar-refractivity contribution in [2.45, 2.75) is 29.7 Å². The van der Waals surface area contributed by atoms with Gasteiger partial charge in [-0.05, 0) is 25.0 Å². The number of hydrogen-bond acceptors (Lipinski definition) is 5. The quantitative estimate of drug-likeness (QED) is 0.778. The fraction of sp³-hybridized carbons (Fsp3) is 0.438. The molecule has 0 spiro atoms. The maximum Gasteiger partial charge on any atom is 0.249 e. The molecule has 2 heterocycles. The van der Waals surface area contributed by atoms with Crippen molar-refractivity contribution >= 4 is 27.3 Å². The van der Waals surface area contributed by atoms with E-state index in [1.807, 2.05) is 0 Å². The third-order valence-electron chi connectivity index (χ3n) is 4.55. The van der Waals surface area contributed by atoms with E-state index >= 15 is 0 Å². The van der Waals surface area contributed by atoms with Crippen molar-refractivity contribution in [3.05, 3.63) is 40.9 Å². The molecule has 0 saturated carbocycles. The van der Waals surface area contributed by atoms with Gasteiger partial charge in [0.05, 0.1) is 11.7 Å². The molecular formula is C16H18ClFN4O3S. The van der Waals surface area contributed by atoms with Crippen LogP contribution < -0.4 is 0 Å². The van der Waals surface area contributed by atoms with E-state index < -0.39 is 20.9 Å². The van der Waals surface area contributed by atoms with Crippen molar-refractivity contribution in [3.8, 4) is 0 Å². The Hall–Kier alpha value is -2.00. The van der Waals surface area contributed by atoms with Crippen LogP contribution in [0.25, 0.3) is 0 Å². The van der Waals surface area contributed by atoms with Gasteiger partial charge in [0.1, 0.15) is 12.1 Å². The third kappa shape index (κ3) is 3.59. The van der Waals surface area contributed by atoms with Gasteiger partial charge in [-0.2, -0.15) is 0 Å². The first kappa shape index (κ1) is 18.8. The first-order valence-electron chi connectivity index (χ1n) is 8.09. The minimum Gasteiger partial charge on any atom is -0.342 e. The molecule has 3 rings (SSSR count). The molecule has 140 valence electrons. The Morgan fingerprint density at radius 1 is 1.35 bits per heavy atom. The number of sulfone groups is 1. The molecule has 2 aromatic rings. The summed E-state index contributed by atoms with van der Waals surface area (Å²) >= 11 is 5.96. The standard InChI is InChI=1S/C16H18ClFN4O3S/c1-21-10-19-20-16(21)26(24,25)11-5-7-22(8-6-11)15(23)9-12-13(17)3-2-4-14(12)18/h2-4,10-11H,5-9H2,1H3. The van der Waals surface area contributed by atoms with Crippen LogP contribution in [0.3, 0.4) is 0 Å².